The number of hydrogen-bond acceptors (Lipinski definition) is 4. The summed E-state index contributed by atoms with van der Waals surface area (Å²) in [7, 11) is 1.55. The number of halogens is 1. The van der Waals surface area contributed by atoms with Crippen LogP contribution in [-0.2, 0) is 4.79 Å². The summed E-state index contributed by atoms with van der Waals surface area (Å²) in [5.74, 6) is -0.144. The molecular formula is C9H10IN3O3. The van der Waals surface area contributed by atoms with Gasteiger partial charge in [0, 0.05) is 28.4 Å². The molecule has 0 saturated heterocycles. The molecule has 7 heteroatoms. The molecule has 1 aromatic carbocycles. The van der Waals surface area contributed by atoms with Crippen LogP contribution in [0.2, 0.25) is 0 Å². The van der Waals surface area contributed by atoms with Crippen molar-refractivity contribution in [3.8, 4) is 0 Å². The fourth-order valence-corrected chi connectivity index (χ4v) is 1.71. The van der Waals surface area contributed by atoms with Crippen molar-refractivity contribution in [2.24, 2.45) is 0 Å². The minimum Gasteiger partial charge on any atom is -0.375 e. The molecule has 0 atom stereocenters. The van der Waals surface area contributed by atoms with Crippen LogP contribution >= 0.6 is 22.6 Å². The van der Waals surface area contributed by atoms with E-state index in [4.69, 9.17) is 0 Å². The van der Waals surface area contributed by atoms with Crippen LogP contribution in [0.1, 0.15) is 0 Å². The Kier molecular flexibility index (Phi) is 4.47. The lowest BCUT2D eigenvalue weighted by molar-refractivity contribution is -0.384. The predicted molar refractivity (Wildman–Crippen MR) is 68.4 cm³/mol. The minimum absolute atomic E-state index is 0.0369. The molecule has 86 valence electrons. The maximum atomic E-state index is 11.0. The number of likely N-dealkylation sites (N-methyl/N-ethyl adjacent to an activating group) is 1. The van der Waals surface area contributed by atoms with Crippen LogP contribution in [0, 0.1) is 13.7 Å². The van der Waals surface area contributed by atoms with Crippen molar-refractivity contribution in [3.05, 3.63) is 31.9 Å². The average Bonchev–Trinajstić information content (AvgIpc) is 2.26. The summed E-state index contributed by atoms with van der Waals surface area (Å²) in [6, 6.07) is 4.43. The van der Waals surface area contributed by atoms with Crippen LogP contribution in [0.25, 0.3) is 0 Å². The van der Waals surface area contributed by atoms with Crippen LogP contribution in [-0.4, -0.2) is 24.4 Å². The number of rotatable bonds is 4. The van der Waals surface area contributed by atoms with Gasteiger partial charge in [0.1, 0.15) is 0 Å². The molecule has 0 saturated carbocycles. The highest BCUT2D eigenvalue weighted by molar-refractivity contribution is 14.1. The van der Waals surface area contributed by atoms with Crippen molar-refractivity contribution in [3.63, 3.8) is 0 Å². The van der Waals surface area contributed by atoms with Gasteiger partial charge < -0.3 is 10.6 Å². The number of carbonyl (C=O) groups is 1. The largest absolute Gasteiger partial charge is 0.375 e. The zero-order valence-corrected chi connectivity index (χ0v) is 10.6. The first-order chi connectivity index (χ1) is 7.54. The molecule has 1 amide bonds. The molecular weight excluding hydrogens is 325 g/mol. The molecule has 0 radical (unpaired) electrons. The molecule has 0 aromatic heterocycles. The number of carbonyl (C=O) groups excluding carboxylic acids is 1. The van der Waals surface area contributed by atoms with Crippen LogP contribution in [0.15, 0.2) is 18.2 Å². The van der Waals surface area contributed by atoms with E-state index in [0.29, 0.717) is 9.26 Å². The Morgan fingerprint density at radius 1 is 1.56 bits per heavy atom. The smallest absolute Gasteiger partial charge is 0.270 e. The standard InChI is InChI=1S/C9H10IN3O3/c1-11-9(14)5-12-8-3-2-6(13(15)16)4-7(8)10/h2-4,12H,5H2,1H3,(H,11,14). The number of non-ortho nitro benzene ring substituents is 1. The van der Waals surface area contributed by atoms with Gasteiger partial charge in [-0.1, -0.05) is 0 Å². The fourth-order valence-electron chi connectivity index (χ4n) is 1.02. The van der Waals surface area contributed by atoms with E-state index in [0.717, 1.165) is 0 Å². The number of benzene rings is 1. The third kappa shape index (κ3) is 3.33. The number of hydrogen-bond donors (Lipinski definition) is 2. The highest BCUT2D eigenvalue weighted by atomic mass is 127. The lowest BCUT2D eigenvalue weighted by atomic mass is 10.3. The van der Waals surface area contributed by atoms with E-state index >= 15 is 0 Å². The molecule has 1 aromatic rings. The molecule has 0 unspecified atom stereocenters. The predicted octanol–water partition coefficient (Wildman–Crippen LogP) is 1.36. The molecule has 6 nitrogen and oxygen atoms in total. The lowest BCUT2D eigenvalue weighted by Gasteiger charge is -2.07. The first-order valence-electron chi connectivity index (χ1n) is 4.43. The van der Waals surface area contributed by atoms with E-state index in [1.807, 2.05) is 22.6 Å². The van der Waals surface area contributed by atoms with Gasteiger partial charge in [-0.15, -0.1) is 0 Å². The highest BCUT2D eigenvalue weighted by Gasteiger charge is 2.09. The monoisotopic (exact) mass is 335 g/mol. The van der Waals surface area contributed by atoms with Crippen molar-refractivity contribution in [2.45, 2.75) is 0 Å². The first kappa shape index (κ1) is 12.7. The third-order valence-corrected chi connectivity index (χ3v) is 2.77. The summed E-state index contributed by atoms with van der Waals surface area (Å²) in [5, 5.41) is 15.9. The van der Waals surface area contributed by atoms with Gasteiger partial charge in [0.15, 0.2) is 0 Å². The van der Waals surface area contributed by atoms with Crippen LogP contribution in [0.4, 0.5) is 11.4 Å². The van der Waals surface area contributed by atoms with Gasteiger partial charge in [-0.3, -0.25) is 14.9 Å². The Morgan fingerprint density at radius 3 is 2.75 bits per heavy atom. The van der Waals surface area contributed by atoms with Crippen molar-refractivity contribution in [1.82, 2.24) is 5.32 Å². The summed E-state index contributed by atoms with van der Waals surface area (Å²) in [6.45, 7) is 0.143. The van der Waals surface area contributed by atoms with Crippen molar-refractivity contribution in [1.29, 1.82) is 0 Å². The third-order valence-electron chi connectivity index (χ3n) is 1.88. The molecule has 0 aliphatic rings. The molecule has 0 heterocycles. The summed E-state index contributed by atoms with van der Waals surface area (Å²) in [6.07, 6.45) is 0. The zero-order valence-electron chi connectivity index (χ0n) is 8.49. The molecule has 1 rings (SSSR count). The Labute approximate surface area is 106 Å². The molecule has 16 heavy (non-hydrogen) atoms. The topological polar surface area (TPSA) is 84.3 Å². The second kappa shape index (κ2) is 5.64. The van der Waals surface area contributed by atoms with E-state index in [1.54, 1.807) is 13.1 Å². The summed E-state index contributed by atoms with van der Waals surface area (Å²) >= 11 is 1.98. The van der Waals surface area contributed by atoms with E-state index < -0.39 is 4.92 Å². The van der Waals surface area contributed by atoms with Gasteiger partial charge in [0.05, 0.1) is 11.5 Å². The molecule has 2 N–H and O–H groups in total. The Balaban J connectivity index is 2.75. The van der Waals surface area contributed by atoms with Crippen molar-refractivity contribution in [2.75, 3.05) is 18.9 Å². The van der Waals surface area contributed by atoms with E-state index in [2.05, 4.69) is 10.6 Å². The maximum Gasteiger partial charge on any atom is 0.270 e. The average molecular weight is 335 g/mol. The van der Waals surface area contributed by atoms with Crippen molar-refractivity contribution >= 4 is 39.9 Å². The number of nitro groups is 1. The number of nitrogens with one attached hydrogen (secondary N) is 2. The number of anilines is 1. The van der Waals surface area contributed by atoms with E-state index in [-0.39, 0.29) is 18.1 Å². The second-order valence-corrected chi connectivity index (χ2v) is 4.11. The maximum absolute atomic E-state index is 11.0. The Bertz CT molecular complexity index is 422. The fraction of sp³-hybridized carbons (Fsp3) is 0.222. The van der Waals surface area contributed by atoms with Gasteiger partial charge in [-0.25, -0.2) is 0 Å². The molecule has 0 bridgehead atoms. The number of nitrogens with zero attached hydrogens (tertiary/aromatic N) is 1. The van der Waals surface area contributed by atoms with Crippen LogP contribution in [0.5, 0.6) is 0 Å². The summed E-state index contributed by atoms with van der Waals surface area (Å²) < 4.78 is 0.704. The quantitative estimate of drug-likeness (QED) is 0.494. The van der Waals surface area contributed by atoms with Gasteiger partial charge >= 0.3 is 0 Å². The minimum atomic E-state index is -0.454. The summed E-state index contributed by atoms with van der Waals surface area (Å²) in [5.41, 5.74) is 0.740. The molecule has 0 aliphatic carbocycles. The van der Waals surface area contributed by atoms with Gasteiger partial charge in [-0.2, -0.15) is 0 Å². The lowest BCUT2D eigenvalue weighted by Crippen LogP contribution is -2.26. The van der Waals surface area contributed by atoms with Gasteiger partial charge in [-0.05, 0) is 28.7 Å². The normalized spacial score (nSPS) is 9.62. The Morgan fingerprint density at radius 2 is 2.25 bits per heavy atom. The Hall–Kier alpha value is -1.38. The molecule has 0 fully saturated rings. The zero-order chi connectivity index (χ0) is 12.1. The second-order valence-electron chi connectivity index (χ2n) is 2.95. The van der Waals surface area contributed by atoms with Crippen LogP contribution in [0.3, 0.4) is 0 Å². The van der Waals surface area contributed by atoms with Crippen molar-refractivity contribution < 1.29 is 9.72 Å². The van der Waals surface area contributed by atoms with Crippen LogP contribution < -0.4 is 10.6 Å². The number of amides is 1. The molecule has 0 spiro atoms. The SMILES string of the molecule is CNC(=O)CNc1ccc([N+](=O)[O-])cc1I. The van der Waals surface area contributed by atoms with Gasteiger partial charge in [0.2, 0.25) is 5.91 Å². The highest BCUT2D eigenvalue weighted by Crippen LogP contribution is 2.23. The number of nitro benzene ring substituents is 1. The summed E-state index contributed by atoms with van der Waals surface area (Å²) in [4.78, 5) is 21.0. The van der Waals surface area contributed by atoms with E-state index in [1.165, 1.54) is 12.1 Å². The van der Waals surface area contributed by atoms with Gasteiger partial charge in [0.25, 0.3) is 5.69 Å². The first-order valence-corrected chi connectivity index (χ1v) is 5.51. The van der Waals surface area contributed by atoms with E-state index in [9.17, 15) is 14.9 Å². The molecule has 0 aliphatic heterocycles.